The second-order valence-corrected chi connectivity index (χ2v) is 9.12. The molecule has 2 heterocycles. The van der Waals surface area contributed by atoms with Gasteiger partial charge in [0.1, 0.15) is 0 Å². The Hall–Kier alpha value is -2.03. The van der Waals surface area contributed by atoms with E-state index in [1.165, 1.54) is 11.6 Å². The van der Waals surface area contributed by atoms with Crippen LogP contribution in [0, 0.1) is 0 Å². The van der Waals surface area contributed by atoms with Crippen molar-refractivity contribution in [2.75, 3.05) is 26.3 Å². The summed E-state index contributed by atoms with van der Waals surface area (Å²) in [6.07, 6.45) is 1.59. The van der Waals surface area contributed by atoms with Crippen LogP contribution >= 0.6 is 11.6 Å². The quantitative estimate of drug-likeness (QED) is 0.649. The minimum absolute atomic E-state index is 0.175. The van der Waals surface area contributed by atoms with E-state index in [1.807, 2.05) is 24.3 Å². The summed E-state index contributed by atoms with van der Waals surface area (Å²) in [6.45, 7) is 4.50. The molecule has 1 aliphatic rings. The van der Waals surface area contributed by atoms with Crippen molar-refractivity contribution >= 4 is 32.5 Å². The van der Waals surface area contributed by atoms with Crippen LogP contribution in [0.4, 0.5) is 0 Å². The molecule has 0 amide bonds. The van der Waals surface area contributed by atoms with Gasteiger partial charge < -0.3 is 4.74 Å². The maximum absolute atomic E-state index is 12.9. The summed E-state index contributed by atoms with van der Waals surface area (Å²) >= 11 is 6.15. The Labute approximate surface area is 175 Å². The van der Waals surface area contributed by atoms with Gasteiger partial charge in [-0.05, 0) is 35.4 Å². The Morgan fingerprint density at radius 2 is 1.76 bits per heavy atom. The highest BCUT2D eigenvalue weighted by Gasteiger charge is 2.19. The molecule has 2 aromatic carbocycles. The van der Waals surface area contributed by atoms with Crippen molar-refractivity contribution in [1.82, 2.24) is 14.6 Å². The van der Waals surface area contributed by atoms with Crippen LogP contribution in [0.15, 0.2) is 59.6 Å². The van der Waals surface area contributed by atoms with Crippen LogP contribution in [0.5, 0.6) is 0 Å². The molecule has 1 aliphatic heterocycles. The number of morpholine rings is 1. The van der Waals surface area contributed by atoms with E-state index in [9.17, 15) is 8.42 Å². The number of nitrogens with zero attached hydrogens (tertiary/aromatic N) is 2. The van der Waals surface area contributed by atoms with E-state index >= 15 is 0 Å². The third-order valence-corrected chi connectivity index (χ3v) is 6.73. The fourth-order valence-electron chi connectivity index (χ4n) is 3.38. The van der Waals surface area contributed by atoms with Gasteiger partial charge in [0.2, 0.25) is 10.0 Å². The molecule has 6 nitrogen and oxygen atoms in total. The van der Waals surface area contributed by atoms with Crippen LogP contribution in [-0.2, 0) is 27.8 Å². The first kappa shape index (κ1) is 20.3. The lowest BCUT2D eigenvalue weighted by Gasteiger charge is -2.26. The predicted octanol–water partition coefficient (Wildman–Crippen LogP) is 3.20. The van der Waals surface area contributed by atoms with Crippen molar-refractivity contribution in [3.8, 4) is 0 Å². The van der Waals surface area contributed by atoms with Gasteiger partial charge in [0, 0.05) is 37.8 Å². The summed E-state index contributed by atoms with van der Waals surface area (Å²) in [6, 6.07) is 14.5. The number of aromatic nitrogens is 1. The Morgan fingerprint density at radius 3 is 2.52 bits per heavy atom. The second-order valence-electron chi connectivity index (χ2n) is 6.97. The molecule has 1 fully saturated rings. The predicted molar refractivity (Wildman–Crippen MR) is 113 cm³/mol. The largest absolute Gasteiger partial charge is 0.379 e. The van der Waals surface area contributed by atoms with Crippen LogP contribution in [0.25, 0.3) is 10.9 Å². The Bertz CT molecular complexity index is 1100. The minimum atomic E-state index is -3.71. The molecule has 0 saturated carbocycles. The molecule has 0 unspecified atom stereocenters. The van der Waals surface area contributed by atoms with Gasteiger partial charge in [-0.1, -0.05) is 35.9 Å². The average Bonchev–Trinajstić information content (AvgIpc) is 2.74. The summed E-state index contributed by atoms with van der Waals surface area (Å²) < 4.78 is 33.8. The van der Waals surface area contributed by atoms with Gasteiger partial charge >= 0.3 is 0 Å². The number of fused-ring (bicyclic) bond motifs is 1. The lowest BCUT2D eigenvalue weighted by atomic mass is 10.1. The number of ether oxygens (including phenoxy) is 1. The minimum Gasteiger partial charge on any atom is -0.379 e. The molecule has 4 rings (SSSR count). The van der Waals surface area contributed by atoms with Crippen molar-refractivity contribution in [3.63, 3.8) is 0 Å². The molecule has 29 heavy (non-hydrogen) atoms. The summed E-state index contributed by atoms with van der Waals surface area (Å²) in [5, 5.41) is 0.934. The summed E-state index contributed by atoms with van der Waals surface area (Å²) in [5.74, 6) is 0. The SMILES string of the molecule is O=S(=O)(NCc1ccc(CN2CCOCC2)cc1)c1ccc(Cl)c2ncccc12. The molecule has 1 aromatic heterocycles. The van der Waals surface area contributed by atoms with E-state index in [2.05, 4.69) is 14.6 Å². The van der Waals surface area contributed by atoms with E-state index in [4.69, 9.17) is 16.3 Å². The van der Waals surface area contributed by atoms with Gasteiger partial charge in [-0.2, -0.15) is 0 Å². The van der Waals surface area contributed by atoms with Crippen LogP contribution in [-0.4, -0.2) is 44.6 Å². The highest BCUT2D eigenvalue weighted by molar-refractivity contribution is 7.89. The van der Waals surface area contributed by atoms with E-state index in [0.717, 1.165) is 38.4 Å². The topological polar surface area (TPSA) is 71.5 Å². The molecule has 0 aliphatic carbocycles. The van der Waals surface area contributed by atoms with Crippen molar-refractivity contribution in [2.45, 2.75) is 18.0 Å². The Kier molecular flexibility index (Phi) is 6.12. The third-order valence-electron chi connectivity index (χ3n) is 4.97. The maximum Gasteiger partial charge on any atom is 0.241 e. The van der Waals surface area contributed by atoms with Crippen LogP contribution in [0.3, 0.4) is 0 Å². The summed E-state index contributed by atoms with van der Waals surface area (Å²) in [4.78, 5) is 6.72. The van der Waals surface area contributed by atoms with Crippen molar-refractivity contribution < 1.29 is 13.2 Å². The highest BCUT2D eigenvalue weighted by atomic mass is 35.5. The molecule has 152 valence electrons. The number of benzene rings is 2. The lowest BCUT2D eigenvalue weighted by Crippen LogP contribution is -2.35. The van der Waals surface area contributed by atoms with Gasteiger partial charge in [-0.25, -0.2) is 13.1 Å². The van der Waals surface area contributed by atoms with E-state index in [-0.39, 0.29) is 11.4 Å². The van der Waals surface area contributed by atoms with E-state index < -0.39 is 10.0 Å². The molecule has 0 spiro atoms. The van der Waals surface area contributed by atoms with Crippen LogP contribution in [0.2, 0.25) is 5.02 Å². The molecule has 8 heteroatoms. The average molecular weight is 432 g/mol. The monoisotopic (exact) mass is 431 g/mol. The van der Waals surface area contributed by atoms with Crippen molar-refractivity contribution in [1.29, 1.82) is 0 Å². The number of hydrogen-bond acceptors (Lipinski definition) is 5. The summed E-state index contributed by atoms with van der Waals surface area (Å²) in [5.41, 5.74) is 2.58. The standard InChI is InChI=1S/C21H22ClN3O3S/c22-19-7-8-20(18-2-1-9-23-21(18)19)29(26,27)24-14-16-3-5-17(6-4-16)15-25-10-12-28-13-11-25/h1-9,24H,10-15H2. The molecule has 1 saturated heterocycles. The fourth-order valence-corrected chi connectivity index (χ4v) is 4.81. The normalized spacial score (nSPS) is 15.6. The van der Waals surface area contributed by atoms with Gasteiger partial charge in [0.25, 0.3) is 0 Å². The van der Waals surface area contributed by atoms with Gasteiger partial charge in [0.15, 0.2) is 0 Å². The lowest BCUT2D eigenvalue weighted by molar-refractivity contribution is 0.0342. The van der Waals surface area contributed by atoms with Crippen LogP contribution in [0.1, 0.15) is 11.1 Å². The maximum atomic E-state index is 12.9. The first-order valence-corrected chi connectivity index (χ1v) is 11.3. The zero-order valence-corrected chi connectivity index (χ0v) is 17.4. The molecule has 0 atom stereocenters. The fraction of sp³-hybridized carbons (Fsp3) is 0.286. The van der Waals surface area contributed by atoms with Crippen molar-refractivity contribution in [2.24, 2.45) is 0 Å². The zero-order valence-electron chi connectivity index (χ0n) is 15.8. The highest BCUT2D eigenvalue weighted by Crippen LogP contribution is 2.27. The number of sulfonamides is 1. The number of nitrogens with one attached hydrogen (secondary N) is 1. The molecular formula is C21H22ClN3O3S. The van der Waals surface area contributed by atoms with Gasteiger partial charge in [-0.15, -0.1) is 0 Å². The van der Waals surface area contributed by atoms with E-state index in [0.29, 0.717) is 15.9 Å². The molecule has 3 aromatic rings. The number of pyridine rings is 1. The second kappa shape index (κ2) is 8.77. The van der Waals surface area contributed by atoms with E-state index in [1.54, 1.807) is 24.4 Å². The number of rotatable bonds is 6. The van der Waals surface area contributed by atoms with Crippen LogP contribution < -0.4 is 4.72 Å². The first-order chi connectivity index (χ1) is 14.0. The van der Waals surface area contributed by atoms with Crippen molar-refractivity contribution in [3.05, 3.63) is 70.9 Å². The Balaban J connectivity index is 1.45. The molecule has 0 bridgehead atoms. The summed E-state index contributed by atoms with van der Waals surface area (Å²) in [7, 11) is -3.71. The van der Waals surface area contributed by atoms with Gasteiger partial charge in [-0.3, -0.25) is 9.88 Å². The number of halogens is 1. The molecular weight excluding hydrogens is 410 g/mol. The molecule has 0 radical (unpaired) electrons. The smallest absolute Gasteiger partial charge is 0.241 e. The Morgan fingerprint density at radius 1 is 1.03 bits per heavy atom. The first-order valence-electron chi connectivity index (χ1n) is 9.44. The molecule has 1 N–H and O–H groups in total. The number of hydrogen-bond donors (Lipinski definition) is 1. The zero-order chi connectivity index (χ0) is 20.3. The van der Waals surface area contributed by atoms with Gasteiger partial charge in [0.05, 0.1) is 28.6 Å². The third kappa shape index (κ3) is 4.76.